The van der Waals surface area contributed by atoms with Crippen molar-refractivity contribution in [1.29, 1.82) is 0 Å². The Labute approximate surface area is 196 Å². The van der Waals surface area contributed by atoms with Crippen LogP contribution in [-0.2, 0) is 22.0 Å². The molecule has 0 fully saturated rings. The van der Waals surface area contributed by atoms with Crippen LogP contribution in [0, 0.1) is 11.6 Å². The van der Waals surface area contributed by atoms with Crippen LogP contribution in [0.3, 0.4) is 0 Å². The lowest BCUT2D eigenvalue weighted by Crippen LogP contribution is -2.41. The summed E-state index contributed by atoms with van der Waals surface area (Å²) in [6, 6.07) is 9.69. The lowest BCUT2D eigenvalue weighted by molar-refractivity contribution is -0.140. The molecule has 3 aromatic rings. The molecule has 5 N–H and O–H groups in total. The Kier molecular flexibility index (Phi) is 5.81. The molecule has 184 valence electrons. The summed E-state index contributed by atoms with van der Waals surface area (Å²) in [6.07, 6.45) is -5.13. The molecule has 1 aromatic heterocycles. The molecule has 11 heteroatoms. The van der Waals surface area contributed by atoms with Gasteiger partial charge in [0, 0.05) is 23.7 Å². The highest BCUT2D eigenvalue weighted by Gasteiger charge is 2.46. The Morgan fingerprint density at radius 2 is 1.80 bits per heavy atom. The van der Waals surface area contributed by atoms with Crippen molar-refractivity contribution in [3.05, 3.63) is 82.5 Å². The van der Waals surface area contributed by atoms with E-state index in [0.717, 1.165) is 0 Å². The second-order valence-corrected chi connectivity index (χ2v) is 8.46. The van der Waals surface area contributed by atoms with Crippen molar-refractivity contribution in [1.82, 2.24) is 4.98 Å². The molecule has 2 atom stereocenters. The number of hydrogen-bond acceptors (Lipinski definition) is 5. The van der Waals surface area contributed by atoms with Gasteiger partial charge in [-0.25, -0.2) is 13.8 Å². The van der Waals surface area contributed by atoms with Crippen LogP contribution in [0.1, 0.15) is 29.3 Å². The molecule has 1 amide bonds. The molecule has 35 heavy (non-hydrogen) atoms. The predicted octanol–water partition coefficient (Wildman–Crippen LogP) is 3.38. The number of alkyl halides is 3. The molecule has 0 unspecified atom stereocenters. The molecule has 2 heterocycles. The first-order chi connectivity index (χ1) is 16.3. The van der Waals surface area contributed by atoms with Crippen LogP contribution >= 0.6 is 0 Å². The summed E-state index contributed by atoms with van der Waals surface area (Å²) in [5.41, 5.74) is 5.25. The van der Waals surface area contributed by atoms with Gasteiger partial charge in [0.15, 0.2) is 0 Å². The summed E-state index contributed by atoms with van der Waals surface area (Å²) in [5, 5.41) is 11.5. The third kappa shape index (κ3) is 3.90. The van der Waals surface area contributed by atoms with Gasteiger partial charge in [0.2, 0.25) is 5.91 Å². The summed E-state index contributed by atoms with van der Waals surface area (Å²) in [7, 11) is 0. The fraction of sp³-hybridized carbons (Fsp3) is 0.250. The predicted molar refractivity (Wildman–Crippen MR) is 115 cm³/mol. The standard InChI is InChI=1S/C24H20F5N3O3/c1-22(21(31)33)11-35-20-15(22)8-18(23(34,10-30)12-5-3-2-4-6-12)32-19(20)13-7-14(24(27,28)29)17(26)9-16(13)25/h2-9,34H,10-11,30H2,1H3,(H2,31,33)/t22-,23+/m0/s1. The highest BCUT2D eigenvalue weighted by Crippen LogP contribution is 2.47. The number of amides is 1. The number of hydrogen-bond donors (Lipinski definition) is 3. The zero-order valence-corrected chi connectivity index (χ0v) is 18.3. The van der Waals surface area contributed by atoms with Crippen LogP contribution in [0.15, 0.2) is 48.5 Å². The van der Waals surface area contributed by atoms with Gasteiger partial charge >= 0.3 is 6.18 Å². The number of rotatable bonds is 5. The van der Waals surface area contributed by atoms with Gasteiger partial charge in [-0.1, -0.05) is 30.3 Å². The SMILES string of the molecule is C[C@]1(C(N)=O)COc2c1cc([C@@](O)(CN)c1ccccc1)nc2-c1cc(C(F)(F)F)c(F)cc1F. The van der Waals surface area contributed by atoms with Gasteiger partial charge in [0.25, 0.3) is 0 Å². The maximum Gasteiger partial charge on any atom is 0.419 e. The minimum atomic E-state index is -5.13. The smallest absolute Gasteiger partial charge is 0.419 e. The van der Waals surface area contributed by atoms with E-state index in [2.05, 4.69) is 4.98 Å². The molecule has 0 aliphatic carbocycles. The largest absolute Gasteiger partial charge is 0.489 e. The molecule has 0 saturated heterocycles. The third-order valence-corrected chi connectivity index (χ3v) is 6.20. The van der Waals surface area contributed by atoms with Crippen molar-refractivity contribution in [2.45, 2.75) is 24.1 Å². The lowest BCUT2D eigenvalue weighted by atomic mass is 9.80. The van der Waals surface area contributed by atoms with Crippen molar-refractivity contribution in [2.24, 2.45) is 11.5 Å². The second kappa shape index (κ2) is 8.28. The zero-order valence-electron chi connectivity index (χ0n) is 18.3. The monoisotopic (exact) mass is 493 g/mol. The summed E-state index contributed by atoms with van der Waals surface area (Å²) in [6.45, 7) is 0.703. The number of ether oxygens (including phenoxy) is 1. The lowest BCUT2D eigenvalue weighted by Gasteiger charge is -2.29. The fourth-order valence-electron chi connectivity index (χ4n) is 4.01. The number of pyridine rings is 1. The van der Waals surface area contributed by atoms with Crippen molar-refractivity contribution >= 4 is 5.91 Å². The first-order valence-corrected chi connectivity index (χ1v) is 10.4. The van der Waals surface area contributed by atoms with Crippen LogP contribution in [0.4, 0.5) is 22.0 Å². The Balaban J connectivity index is 2.07. The van der Waals surface area contributed by atoms with Gasteiger partial charge in [0.1, 0.15) is 40.7 Å². The molecule has 0 bridgehead atoms. The van der Waals surface area contributed by atoms with E-state index in [-0.39, 0.29) is 41.3 Å². The van der Waals surface area contributed by atoms with Crippen molar-refractivity contribution in [3.63, 3.8) is 0 Å². The van der Waals surface area contributed by atoms with Gasteiger partial charge in [-0.05, 0) is 24.6 Å². The first-order valence-electron chi connectivity index (χ1n) is 10.4. The summed E-state index contributed by atoms with van der Waals surface area (Å²) in [4.78, 5) is 16.5. The molecule has 2 aromatic carbocycles. The van der Waals surface area contributed by atoms with E-state index >= 15 is 0 Å². The number of nitrogens with two attached hydrogens (primary N) is 2. The molecular formula is C24H20F5N3O3. The summed E-state index contributed by atoms with van der Waals surface area (Å²) in [5.74, 6) is -4.20. The average molecular weight is 493 g/mol. The van der Waals surface area contributed by atoms with Crippen LogP contribution in [0.5, 0.6) is 5.75 Å². The van der Waals surface area contributed by atoms with Gasteiger partial charge in [-0.3, -0.25) is 4.79 Å². The van der Waals surface area contributed by atoms with E-state index in [0.29, 0.717) is 0 Å². The minimum Gasteiger partial charge on any atom is -0.489 e. The third-order valence-electron chi connectivity index (χ3n) is 6.20. The van der Waals surface area contributed by atoms with Gasteiger partial charge in [-0.2, -0.15) is 13.2 Å². The Hall–Kier alpha value is -3.57. The number of aromatic nitrogens is 1. The minimum absolute atomic E-state index is 0.0742. The number of carbonyl (C=O) groups excluding carboxylic acids is 1. The molecule has 1 aliphatic heterocycles. The van der Waals surface area contributed by atoms with Crippen LogP contribution in [-0.4, -0.2) is 29.1 Å². The van der Waals surface area contributed by atoms with Crippen molar-refractivity contribution in [2.75, 3.05) is 13.2 Å². The first kappa shape index (κ1) is 24.6. The average Bonchev–Trinajstić information content (AvgIpc) is 3.16. The van der Waals surface area contributed by atoms with Gasteiger partial charge < -0.3 is 21.3 Å². The molecule has 4 rings (SSSR count). The summed E-state index contributed by atoms with van der Waals surface area (Å²) >= 11 is 0. The normalized spacial score (nSPS) is 19.1. The van der Waals surface area contributed by atoms with Crippen LogP contribution in [0.25, 0.3) is 11.3 Å². The van der Waals surface area contributed by atoms with Crippen LogP contribution in [0.2, 0.25) is 0 Å². The Bertz CT molecular complexity index is 1320. The summed E-state index contributed by atoms with van der Waals surface area (Å²) < 4.78 is 74.6. The van der Waals surface area contributed by atoms with E-state index < -0.39 is 58.1 Å². The number of nitrogens with zero attached hydrogens (tertiary/aromatic N) is 1. The number of primary amides is 1. The quantitative estimate of drug-likeness (QED) is 0.472. The maximum atomic E-state index is 14.9. The fourth-order valence-corrected chi connectivity index (χ4v) is 4.01. The van der Waals surface area contributed by atoms with E-state index in [9.17, 15) is 31.9 Å². The van der Waals surface area contributed by atoms with E-state index in [1.165, 1.54) is 13.0 Å². The van der Waals surface area contributed by atoms with E-state index in [1.54, 1.807) is 30.3 Å². The highest BCUT2D eigenvalue weighted by molar-refractivity contribution is 5.90. The van der Waals surface area contributed by atoms with E-state index in [1.807, 2.05) is 0 Å². The number of benzene rings is 2. The number of aliphatic hydroxyl groups is 1. The Morgan fingerprint density at radius 3 is 2.37 bits per heavy atom. The zero-order chi connectivity index (χ0) is 25.8. The van der Waals surface area contributed by atoms with Crippen LogP contribution < -0.4 is 16.2 Å². The number of fused-ring (bicyclic) bond motifs is 1. The van der Waals surface area contributed by atoms with Gasteiger partial charge in [-0.15, -0.1) is 0 Å². The molecule has 6 nitrogen and oxygen atoms in total. The van der Waals surface area contributed by atoms with Crippen molar-refractivity contribution < 1.29 is 36.6 Å². The Morgan fingerprint density at radius 1 is 1.14 bits per heavy atom. The maximum absolute atomic E-state index is 14.9. The molecular weight excluding hydrogens is 473 g/mol. The molecule has 0 radical (unpaired) electrons. The number of halogens is 5. The number of carbonyl (C=O) groups is 1. The second-order valence-electron chi connectivity index (χ2n) is 8.46. The van der Waals surface area contributed by atoms with Gasteiger partial charge in [0.05, 0.1) is 11.3 Å². The molecule has 0 spiro atoms. The highest BCUT2D eigenvalue weighted by atomic mass is 19.4. The topological polar surface area (TPSA) is 111 Å². The molecule has 0 saturated carbocycles. The van der Waals surface area contributed by atoms with E-state index in [4.69, 9.17) is 16.2 Å². The van der Waals surface area contributed by atoms with Crippen molar-refractivity contribution in [3.8, 4) is 17.0 Å². The molecule has 1 aliphatic rings.